The monoisotopic (exact) mass is 257 g/mol. The Balaban J connectivity index is 2.10. The third-order valence-corrected chi connectivity index (χ3v) is 2.65. The first-order valence-corrected chi connectivity index (χ1v) is 5.91. The van der Waals surface area contributed by atoms with Crippen molar-refractivity contribution >= 4 is 11.6 Å². The zero-order chi connectivity index (χ0) is 13.8. The van der Waals surface area contributed by atoms with Gasteiger partial charge in [0.1, 0.15) is 11.5 Å². The fraction of sp³-hybridized carbons (Fsp3) is 0.214. The van der Waals surface area contributed by atoms with E-state index in [-0.39, 0.29) is 5.91 Å². The zero-order valence-corrected chi connectivity index (χ0v) is 11.1. The predicted molar refractivity (Wildman–Crippen MR) is 72.1 cm³/mol. The van der Waals surface area contributed by atoms with Gasteiger partial charge in [-0.15, -0.1) is 0 Å². The molecule has 0 saturated heterocycles. The number of amides is 1. The molecule has 1 N–H and O–H groups in total. The highest BCUT2D eigenvalue weighted by Gasteiger charge is 2.12. The lowest BCUT2D eigenvalue weighted by molar-refractivity contribution is 0.0953. The molecule has 0 aliphatic carbocycles. The Morgan fingerprint density at radius 1 is 1.37 bits per heavy atom. The van der Waals surface area contributed by atoms with Crippen LogP contribution in [0.5, 0.6) is 0 Å². The molecule has 2 rings (SSSR count). The van der Waals surface area contributed by atoms with Crippen molar-refractivity contribution in [1.29, 1.82) is 0 Å². The number of nitrogens with one attached hydrogen (secondary N) is 1. The van der Waals surface area contributed by atoms with E-state index >= 15 is 0 Å². The molecule has 0 bridgehead atoms. The first kappa shape index (κ1) is 13.0. The molecule has 0 fully saturated rings. The fourth-order valence-corrected chi connectivity index (χ4v) is 1.69. The van der Waals surface area contributed by atoms with Gasteiger partial charge in [-0.1, -0.05) is 6.07 Å². The van der Waals surface area contributed by atoms with Gasteiger partial charge in [0.25, 0.3) is 5.91 Å². The Morgan fingerprint density at radius 3 is 2.74 bits per heavy atom. The molecule has 0 radical (unpaired) electrons. The molecule has 0 aliphatic heterocycles. The minimum absolute atomic E-state index is 0.287. The molecule has 0 spiro atoms. The second-order valence-electron chi connectivity index (χ2n) is 4.18. The van der Waals surface area contributed by atoms with Crippen LogP contribution in [0.1, 0.15) is 34.5 Å². The molecule has 0 unspecified atom stereocenters. The van der Waals surface area contributed by atoms with Crippen molar-refractivity contribution in [2.45, 2.75) is 20.8 Å². The van der Waals surface area contributed by atoms with Gasteiger partial charge in [0.05, 0.1) is 17.0 Å². The topological polar surface area (TPSA) is 67.5 Å². The standard InChI is InChI=1S/C14H15N3O2/c1-9-8-12(11(3)19-9)14(18)17-16-10(2)13-6-4-5-7-15-13/h4-8H,1-3H3,(H,17,18)/b16-10+. The number of furan rings is 1. The van der Waals surface area contributed by atoms with E-state index in [0.29, 0.717) is 22.8 Å². The van der Waals surface area contributed by atoms with E-state index in [1.807, 2.05) is 18.2 Å². The summed E-state index contributed by atoms with van der Waals surface area (Å²) >= 11 is 0. The molecule has 19 heavy (non-hydrogen) atoms. The van der Waals surface area contributed by atoms with Crippen LogP contribution in [0.2, 0.25) is 0 Å². The summed E-state index contributed by atoms with van der Waals surface area (Å²) in [5, 5.41) is 4.03. The Kier molecular flexibility index (Phi) is 3.75. The molecule has 5 heteroatoms. The second-order valence-corrected chi connectivity index (χ2v) is 4.18. The summed E-state index contributed by atoms with van der Waals surface area (Å²) in [6.45, 7) is 5.33. The largest absolute Gasteiger partial charge is 0.466 e. The normalized spacial score (nSPS) is 11.4. The van der Waals surface area contributed by atoms with Crippen LogP contribution in [0.15, 0.2) is 40.0 Å². The smallest absolute Gasteiger partial charge is 0.274 e. The number of pyridine rings is 1. The Morgan fingerprint density at radius 2 is 2.16 bits per heavy atom. The lowest BCUT2D eigenvalue weighted by atomic mass is 10.2. The van der Waals surface area contributed by atoms with E-state index in [1.54, 1.807) is 33.0 Å². The van der Waals surface area contributed by atoms with E-state index in [4.69, 9.17) is 4.42 Å². The third-order valence-electron chi connectivity index (χ3n) is 2.65. The molecular formula is C14H15N3O2. The number of hydrogen-bond acceptors (Lipinski definition) is 4. The predicted octanol–water partition coefficient (Wildman–Crippen LogP) is 2.45. The highest BCUT2D eigenvalue weighted by atomic mass is 16.3. The van der Waals surface area contributed by atoms with Crippen molar-refractivity contribution in [3.63, 3.8) is 0 Å². The number of carbonyl (C=O) groups excluding carboxylic acids is 1. The van der Waals surface area contributed by atoms with E-state index in [2.05, 4.69) is 15.5 Å². The molecule has 1 amide bonds. The van der Waals surface area contributed by atoms with Crippen molar-refractivity contribution in [3.8, 4) is 0 Å². The van der Waals surface area contributed by atoms with Gasteiger partial charge in [0.2, 0.25) is 0 Å². The summed E-state index contributed by atoms with van der Waals surface area (Å²) in [6, 6.07) is 7.22. The van der Waals surface area contributed by atoms with Gasteiger partial charge in [-0.25, -0.2) is 5.43 Å². The zero-order valence-electron chi connectivity index (χ0n) is 11.1. The van der Waals surface area contributed by atoms with Crippen LogP contribution in [-0.4, -0.2) is 16.6 Å². The quantitative estimate of drug-likeness (QED) is 0.678. The van der Waals surface area contributed by atoms with Crippen LogP contribution < -0.4 is 5.43 Å². The highest BCUT2D eigenvalue weighted by Crippen LogP contribution is 2.13. The summed E-state index contributed by atoms with van der Waals surface area (Å²) in [7, 11) is 0. The number of hydrazone groups is 1. The number of rotatable bonds is 3. The van der Waals surface area contributed by atoms with Gasteiger partial charge in [-0.3, -0.25) is 9.78 Å². The van der Waals surface area contributed by atoms with Gasteiger partial charge in [0.15, 0.2) is 0 Å². The number of nitrogens with zero attached hydrogens (tertiary/aromatic N) is 2. The van der Waals surface area contributed by atoms with E-state index in [9.17, 15) is 4.79 Å². The maximum absolute atomic E-state index is 11.9. The van der Waals surface area contributed by atoms with Crippen LogP contribution in [0.4, 0.5) is 0 Å². The molecule has 0 saturated carbocycles. The Bertz CT molecular complexity index is 615. The van der Waals surface area contributed by atoms with Crippen molar-refractivity contribution in [2.75, 3.05) is 0 Å². The van der Waals surface area contributed by atoms with E-state index in [1.165, 1.54) is 0 Å². The van der Waals surface area contributed by atoms with E-state index < -0.39 is 0 Å². The minimum Gasteiger partial charge on any atom is -0.466 e. The molecule has 98 valence electrons. The van der Waals surface area contributed by atoms with Crippen LogP contribution >= 0.6 is 0 Å². The molecule has 0 atom stereocenters. The van der Waals surface area contributed by atoms with Crippen LogP contribution in [-0.2, 0) is 0 Å². The minimum atomic E-state index is -0.287. The fourth-order valence-electron chi connectivity index (χ4n) is 1.69. The summed E-state index contributed by atoms with van der Waals surface area (Å²) in [5.74, 6) is 0.999. The second kappa shape index (κ2) is 5.48. The number of carbonyl (C=O) groups is 1. The molecule has 0 aromatic carbocycles. The molecule has 0 aliphatic rings. The summed E-state index contributed by atoms with van der Waals surface area (Å²) in [5.41, 5.74) is 4.37. The summed E-state index contributed by atoms with van der Waals surface area (Å²) < 4.78 is 5.31. The van der Waals surface area contributed by atoms with Crippen molar-refractivity contribution in [3.05, 3.63) is 53.2 Å². The summed E-state index contributed by atoms with van der Waals surface area (Å²) in [4.78, 5) is 16.1. The molecule has 2 aromatic rings. The van der Waals surface area contributed by atoms with Crippen molar-refractivity contribution in [2.24, 2.45) is 5.10 Å². The first-order chi connectivity index (χ1) is 9.08. The van der Waals surface area contributed by atoms with Crippen LogP contribution in [0.25, 0.3) is 0 Å². The Labute approximate surface area is 111 Å². The van der Waals surface area contributed by atoms with Crippen molar-refractivity contribution < 1.29 is 9.21 Å². The SMILES string of the molecule is C/C(=N\NC(=O)c1cc(C)oc1C)c1ccccn1. The highest BCUT2D eigenvalue weighted by molar-refractivity contribution is 5.99. The average Bonchev–Trinajstić information content (AvgIpc) is 2.75. The van der Waals surface area contributed by atoms with Crippen molar-refractivity contribution in [1.82, 2.24) is 10.4 Å². The maximum Gasteiger partial charge on any atom is 0.274 e. The lowest BCUT2D eigenvalue weighted by Gasteiger charge is -2.01. The van der Waals surface area contributed by atoms with Crippen LogP contribution in [0.3, 0.4) is 0 Å². The molecule has 2 heterocycles. The van der Waals surface area contributed by atoms with Gasteiger partial charge in [0, 0.05) is 6.20 Å². The molecular weight excluding hydrogens is 242 g/mol. The van der Waals surface area contributed by atoms with Gasteiger partial charge >= 0.3 is 0 Å². The van der Waals surface area contributed by atoms with Gasteiger partial charge < -0.3 is 4.42 Å². The number of hydrogen-bond donors (Lipinski definition) is 1. The lowest BCUT2D eigenvalue weighted by Crippen LogP contribution is -2.19. The van der Waals surface area contributed by atoms with Gasteiger partial charge in [-0.05, 0) is 39.0 Å². The first-order valence-electron chi connectivity index (χ1n) is 5.91. The molecule has 5 nitrogen and oxygen atoms in total. The number of aryl methyl sites for hydroxylation is 2. The average molecular weight is 257 g/mol. The summed E-state index contributed by atoms with van der Waals surface area (Å²) in [6.07, 6.45) is 1.68. The van der Waals surface area contributed by atoms with E-state index in [0.717, 1.165) is 5.69 Å². The molecule has 2 aromatic heterocycles. The van der Waals surface area contributed by atoms with Crippen LogP contribution in [0, 0.1) is 13.8 Å². The Hall–Kier alpha value is -2.43. The third kappa shape index (κ3) is 3.07. The van der Waals surface area contributed by atoms with Gasteiger partial charge in [-0.2, -0.15) is 5.10 Å². The number of aromatic nitrogens is 1. The maximum atomic E-state index is 11.9.